The van der Waals surface area contributed by atoms with E-state index in [0.717, 1.165) is 6.42 Å². The van der Waals surface area contributed by atoms with Gasteiger partial charge < -0.3 is 10.1 Å². The molecule has 2 atom stereocenters. The van der Waals surface area contributed by atoms with Crippen molar-refractivity contribution in [2.24, 2.45) is 5.92 Å². The van der Waals surface area contributed by atoms with E-state index in [0.29, 0.717) is 18.4 Å². The molecule has 0 radical (unpaired) electrons. The fraction of sp³-hybridized carbons (Fsp3) is 0.353. The van der Waals surface area contributed by atoms with E-state index in [-0.39, 0.29) is 17.4 Å². The monoisotopic (exact) mass is 333 g/mol. The molecular weight excluding hydrogens is 316 g/mol. The first kappa shape index (κ1) is 16.3. The van der Waals surface area contributed by atoms with Crippen LogP contribution < -0.4 is 10.1 Å². The van der Waals surface area contributed by atoms with Gasteiger partial charge in [0.25, 0.3) is 12.3 Å². The average Bonchev–Trinajstić information content (AvgIpc) is 3.38. The van der Waals surface area contributed by atoms with Crippen molar-refractivity contribution in [3.8, 4) is 5.88 Å². The molecule has 1 aliphatic rings. The summed E-state index contributed by atoms with van der Waals surface area (Å²) in [6, 6.07) is 7.00. The Kier molecular flexibility index (Phi) is 4.98. The molecule has 0 aromatic carbocycles. The number of ether oxygens (including phenoxy) is 1. The molecule has 0 unspecified atom stereocenters. The summed E-state index contributed by atoms with van der Waals surface area (Å²) in [7, 11) is 0. The highest BCUT2D eigenvalue weighted by molar-refractivity contribution is 5.96. The zero-order chi connectivity index (χ0) is 16.9. The number of amides is 1. The van der Waals surface area contributed by atoms with Gasteiger partial charge in [-0.3, -0.25) is 9.78 Å². The number of pyridine rings is 2. The molecule has 0 bridgehead atoms. The number of nitrogens with one attached hydrogen (secondary N) is 1. The Labute approximate surface area is 138 Å². The van der Waals surface area contributed by atoms with Gasteiger partial charge in [-0.05, 0) is 42.0 Å². The molecule has 0 saturated heterocycles. The number of hydrogen-bond acceptors (Lipinski definition) is 4. The van der Waals surface area contributed by atoms with Crippen LogP contribution in [-0.2, 0) is 0 Å². The fourth-order valence-corrected chi connectivity index (χ4v) is 2.62. The molecule has 5 nitrogen and oxygen atoms in total. The molecule has 7 heteroatoms. The maximum atomic E-state index is 12.3. The third-order valence-corrected chi connectivity index (χ3v) is 3.92. The molecule has 0 aliphatic heterocycles. The Morgan fingerprint density at radius 3 is 2.92 bits per heavy atom. The van der Waals surface area contributed by atoms with Gasteiger partial charge in [-0.15, -0.1) is 0 Å². The third kappa shape index (κ3) is 4.04. The molecule has 3 rings (SSSR count). The van der Waals surface area contributed by atoms with E-state index in [9.17, 15) is 13.6 Å². The van der Waals surface area contributed by atoms with Gasteiger partial charge in [-0.1, -0.05) is 6.07 Å². The maximum absolute atomic E-state index is 12.3. The molecule has 126 valence electrons. The summed E-state index contributed by atoms with van der Waals surface area (Å²) in [5, 5.41) is 2.82. The predicted molar refractivity (Wildman–Crippen MR) is 83.2 cm³/mol. The van der Waals surface area contributed by atoms with Crippen LogP contribution in [0.1, 0.15) is 28.3 Å². The minimum atomic E-state index is -2.62. The summed E-state index contributed by atoms with van der Waals surface area (Å²) in [6.45, 7) is -0.273. The molecule has 1 amide bonds. The van der Waals surface area contributed by atoms with E-state index in [1.54, 1.807) is 12.3 Å². The Morgan fingerprint density at radius 1 is 1.33 bits per heavy atom. The van der Waals surface area contributed by atoms with Gasteiger partial charge in [-0.25, -0.2) is 13.8 Å². The number of aromatic nitrogens is 2. The number of rotatable bonds is 7. The second-order valence-corrected chi connectivity index (χ2v) is 5.66. The predicted octanol–water partition coefficient (Wildman–Crippen LogP) is 2.65. The van der Waals surface area contributed by atoms with Crippen LogP contribution in [0.2, 0.25) is 0 Å². The SMILES string of the molecule is O=C(NC[C@@H]1C[C@H]1c1cccnc1)c1cccnc1OCC(F)F. The minimum Gasteiger partial charge on any atom is -0.471 e. The van der Waals surface area contributed by atoms with Crippen LogP contribution in [0.5, 0.6) is 5.88 Å². The van der Waals surface area contributed by atoms with Gasteiger partial charge in [0.1, 0.15) is 5.56 Å². The zero-order valence-electron chi connectivity index (χ0n) is 12.9. The molecule has 1 N–H and O–H groups in total. The van der Waals surface area contributed by atoms with Crippen LogP contribution in [0.25, 0.3) is 0 Å². The van der Waals surface area contributed by atoms with Crippen LogP contribution in [0.4, 0.5) is 8.78 Å². The molecule has 1 saturated carbocycles. The molecule has 1 aliphatic carbocycles. The van der Waals surface area contributed by atoms with E-state index in [1.165, 1.54) is 17.8 Å². The number of carbonyl (C=O) groups is 1. The summed E-state index contributed by atoms with van der Waals surface area (Å²) < 4.78 is 29.4. The van der Waals surface area contributed by atoms with Crippen LogP contribution in [0, 0.1) is 5.92 Å². The van der Waals surface area contributed by atoms with E-state index in [4.69, 9.17) is 4.74 Å². The first-order valence-corrected chi connectivity index (χ1v) is 7.69. The highest BCUT2D eigenvalue weighted by Gasteiger charge is 2.38. The standard InChI is InChI=1S/C17H17F2N3O2/c18-15(19)10-24-17-13(4-2-6-21-17)16(23)22-9-12-7-14(12)11-3-1-5-20-8-11/h1-6,8,12,14-15H,7,9-10H2,(H,22,23)/t12-,14-/m0/s1. The van der Waals surface area contributed by atoms with Gasteiger partial charge in [0, 0.05) is 25.1 Å². The Hall–Kier alpha value is -2.57. The van der Waals surface area contributed by atoms with Gasteiger partial charge in [-0.2, -0.15) is 0 Å². The molecule has 24 heavy (non-hydrogen) atoms. The van der Waals surface area contributed by atoms with Crippen molar-refractivity contribution < 1.29 is 18.3 Å². The van der Waals surface area contributed by atoms with Crippen molar-refractivity contribution in [2.45, 2.75) is 18.8 Å². The normalized spacial score (nSPS) is 19.1. The van der Waals surface area contributed by atoms with Crippen molar-refractivity contribution in [3.05, 3.63) is 54.0 Å². The van der Waals surface area contributed by atoms with Gasteiger partial charge in [0.2, 0.25) is 5.88 Å². The van der Waals surface area contributed by atoms with Crippen molar-refractivity contribution >= 4 is 5.91 Å². The van der Waals surface area contributed by atoms with E-state index < -0.39 is 13.0 Å². The molecule has 2 aromatic heterocycles. The van der Waals surface area contributed by atoms with Crippen LogP contribution in [0.3, 0.4) is 0 Å². The van der Waals surface area contributed by atoms with Crippen LogP contribution in [-0.4, -0.2) is 35.5 Å². The van der Waals surface area contributed by atoms with Crippen LogP contribution >= 0.6 is 0 Å². The summed E-state index contributed by atoms with van der Waals surface area (Å²) in [5.41, 5.74) is 1.33. The van der Waals surface area contributed by atoms with Crippen molar-refractivity contribution in [1.29, 1.82) is 0 Å². The molecule has 2 aromatic rings. The lowest BCUT2D eigenvalue weighted by Gasteiger charge is -2.10. The number of hydrogen-bond donors (Lipinski definition) is 1. The lowest BCUT2D eigenvalue weighted by Crippen LogP contribution is -2.27. The number of alkyl halides is 2. The highest BCUT2D eigenvalue weighted by atomic mass is 19.3. The largest absolute Gasteiger partial charge is 0.471 e. The topological polar surface area (TPSA) is 64.1 Å². The third-order valence-electron chi connectivity index (χ3n) is 3.92. The molecule has 2 heterocycles. The Bertz CT molecular complexity index is 697. The molecular formula is C17H17F2N3O2. The zero-order valence-corrected chi connectivity index (χ0v) is 12.9. The first-order valence-electron chi connectivity index (χ1n) is 7.69. The second-order valence-electron chi connectivity index (χ2n) is 5.66. The van der Waals surface area contributed by atoms with Crippen LogP contribution in [0.15, 0.2) is 42.9 Å². The Morgan fingerprint density at radius 2 is 2.17 bits per heavy atom. The summed E-state index contributed by atoms with van der Waals surface area (Å²) in [4.78, 5) is 20.2. The fourth-order valence-electron chi connectivity index (χ4n) is 2.62. The van der Waals surface area contributed by atoms with E-state index in [2.05, 4.69) is 15.3 Å². The quantitative estimate of drug-likeness (QED) is 0.846. The molecule has 0 spiro atoms. The summed E-state index contributed by atoms with van der Waals surface area (Å²) in [6.07, 6.45) is 3.34. The Balaban J connectivity index is 1.55. The summed E-state index contributed by atoms with van der Waals surface area (Å²) in [5.74, 6) is 0.321. The van der Waals surface area contributed by atoms with Crippen molar-refractivity contribution in [1.82, 2.24) is 15.3 Å². The van der Waals surface area contributed by atoms with Crippen molar-refractivity contribution in [3.63, 3.8) is 0 Å². The lowest BCUT2D eigenvalue weighted by molar-refractivity contribution is 0.0772. The maximum Gasteiger partial charge on any atom is 0.272 e. The van der Waals surface area contributed by atoms with Gasteiger partial charge in [0.15, 0.2) is 6.61 Å². The van der Waals surface area contributed by atoms with Crippen molar-refractivity contribution in [2.75, 3.05) is 13.2 Å². The number of nitrogens with zero attached hydrogens (tertiary/aromatic N) is 2. The average molecular weight is 333 g/mol. The van der Waals surface area contributed by atoms with E-state index in [1.807, 2.05) is 18.3 Å². The number of halogens is 2. The first-order chi connectivity index (χ1) is 11.6. The highest BCUT2D eigenvalue weighted by Crippen LogP contribution is 2.46. The summed E-state index contributed by atoms with van der Waals surface area (Å²) >= 11 is 0. The molecule has 1 fully saturated rings. The smallest absolute Gasteiger partial charge is 0.272 e. The number of carbonyl (C=O) groups excluding carboxylic acids is 1. The van der Waals surface area contributed by atoms with Gasteiger partial charge >= 0.3 is 0 Å². The lowest BCUT2D eigenvalue weighted by atomic mass is 10.1. The minimum absolute atomic E-state index is 0.0742. The second kappa shape index (κ2) is 7.33. The van der Waals surface area contributed by atoms with E-state index >= 15 is 0 Å². The van der Waals surface area contributed by atoms with Gasteiger partial charge in [0.05, 0.1) is 0 Å².